The van der Waals surface area contributed by atoms with Gasteiger partial charge in [-0.05, 0) is 6.92 Å². The van der Waals surface area contributed by atoms with Gasteiger partial charge in [0.05, 0.1) is 20.3 Å². The molecule has 4 nitrogen and oxygen atoms in total. The Morgan fingerprint density at radius 2 is 2.00 bits per heavy atom. The first kappa shape index (κ1) is 10.4. The fraction of sp³-hybridized carbons (Fsp3) is 0.857. The van der Waals surface area contributed by atoms with Gasteiger partial charge in [-0.15, -0.1) is 0 Å². The molecule has 0 aliphatic rings. The first-order valence-corrected chi connectivity index (χ1v) is 3.40. The van der Waals surface area contributed by atoms with Crippen LogP contribution in [0.4, 0.5) is 0 Å². The zero-order valence-corrected chi connectivity index (χ0v) is 7.12. The van der Waals surface area contributed by atoms with Crippen LogP contribution >= 0.6 is 0 Å². The van der Waals surface area contributed by atoms with E-state index in [4.69, 9.17) is 9.47 Å². The van der Waals surface area contributed by atoms with Crippen molar-refractivity contribution in [1.82, 2.24) is 0 Å². The molecule has 1 unspecified atom stereocenters. The Balaban J connectivity index is 3.36. The van der Waals surface area contributed by atoms with Crippen molar-refractivity contribution in [3.8, 4) is 0 Å². The molecule has 4 heteroatoms. The van der Waals surface area contributed by atoms with Crippen LogP contribution in [0.1, 0.15) is 6.92 Å². The van der Waals surface area contributed by atoms with Gasteiger partial charge in [0, 0.05) is 7.11 Å². The van der Waals surface area contributed by atoms with E-state index >= 15 is 0 Å². The maximum absolute atomic E-state index is 10.7. The van der Waals surface area contributed by atoms with Gasteiger partial charge in [0.1, 0.15) is 0 Å². The summed E-state index contributed by atoms with van der Waals surface area (Å²) < 4.78 is 14.2. The van der Waals surface area contributed by atoms with Crippen LogP contribution in [0.25, 0.3) is 0 Å². The van der Waals surface area contributed by atoms with E-state index in [1.807, 2.05) is 0 Å². The van der Waals surface area contributed by atoms with E-state index in [-0.39, 0.29) is 5.97 Å². The van der Waals surface area contributed by atoms with Crippen molar-refractivity contribution in [3.63, 3.8) is 0 Å². The van der Waals surface area contributed by atoms with Crippen molar-refractivity contribution >= 4 is 5.97 Å². The van der Waals surface area contributed by atoms with Crippen LogP contribution in [0, 0.1) is 0 Å². The lowest BCUT2D eigenvalue weighted by molar-refractivity contribution is -0.153. The van der Waals surface area contributed by atoms with Crippen molar-refractivity contribution < 1.29 is 19.0 Å². The topological polar surface area (TPSA) is 44.8 Å². The van der Waals surface area contributed by atoms with Gasteiger partial charge in [-0.2, -0.15) is 0 Å². The molecule has 0 amide bonds. The second-order valence-corrected chi connectivity index (χ2v) is 2.03. The number of carbonyl (C=O) groups excluding carboxylic acids is 1. The summed E-state index contributed by atoms with van der Waals surface area (Å²) in [4.78, 5) is 10.7. The highest BCUT2D eigenvalue weighted by molar-refractivity contribution is 5.73. The molecule has 0 N–H and O–H groups in total. The third-order valence-corrected chi connectivity index (χ3v) is 1.19. The van der Waals surface area contributed by atoms with Crippen molar-refractivity contribution in [2.45, 2.75) is 13.0 Å². The van der Waals surface area contributed by atoms with Gasteiger partial charge in [0.15, 0.2) is 6.10 Å². The molecule has 0 aromatic heterocycles. The van der Waals surface area contributed by atoms with Crippen LogP contribution in [-0.4, -0.2) is 39.5 Å². The highest BCUT2D eigenvalue weighted by Crippen LogP contribution is 1.92. The zero-order chi connectivity index (χ0) is 8.69. The molecule has 0 aliphatic heterocycles. The second-order valence-electron chi connectivity index (χ2n) is 2.03. The van der Waals surface area contributed by atoms with E-state index in [9.17, 15) is 4.79 Å². The summed E-state index contributed by atoms with van der Waals surface area (Å²) in [5.74, 6) is -0.360. The summed E-state index contributed by atoms with van der Waals surface area (Å²) in [6.07, 6.45) is -0.504. The third kappa shape index (κ3) is 4.75. The van der Waals surface area contributed by atoms with Crippen LogP contribution in [0.15, 0.2) is 0 Å². The van der Waals surface area contributed by atoms with Gasteiger partial charge in [-0.3, -0.25) is 0 Å². The molecule has 0 spiro atoms. The number of ether oxygens (including phenoxy) is 3. The van der Waals surface area contributed by atoms with E-state index in [1.165, 1.54) is 7.11 Å². The lowest BCUT2D eigenvalue weighted by Gasteiger charge is -2.09. The molecule has 0 bridgehead atoms. The van der Waals surface area contributed by atoms with Crippen LogP contribution < -0.4 is 0 Å². The SMILES string of the molecule is COCCOC(C)C(=O)OC. The van der Waals surface area contributed by atoms with Gasteiger partial charge in [-0.1, -0.05) is 0 Å². The summed E-state index contributed by atoms with van der Waals surface area (Å²) in [6, 6.07) is 0. The maximum atomic E-state index is 10.7. The first-order chi connectivity index (χ1) is 5.22. The smallest absolute Gasteiger partial charge is 0.334 e. The van der Waals surface area contributed by atoms with E-state index in [2.05, 4.69) is 4.74 Å². The summed E-state index contributed by atoms with van der Waals surface area (Å²) >= 11 is 0. The van der Waals surface area contributed by atoms with Crippen LogP contribution in [0.5, 0.6) is 0 Å². The predicted molar refractivity (Wildman–Crippen MR) is 39.3 cm³/mol. The molecular weight excluding hydrogens is 148 g/mol. The van der Waals surface area contributed by atoms with E-state index < -0.39 is 6.10 Å². The zero-order valence-electron chi connectivity index (χ0n) is 7.12. The largest absolute Gasteiger partial charge is 0.467 e. The summed E-state index contributed by atoms with van der Waals surface area (Å²) in [5, 5.41) is 0. The molecule has 0 aromatic rings. The molecule has 0 aliphatic carbocycles. The van der Waals surface area contributed by atoms with Crippen molar-refractivity contribution in [2.75, 3.05) is 27.4 Å². The molecule has 66 valence electrons. The van der Waals surface area contributed by atoms with Crippen LogP contribution in [0.2, 0.25) is 0 Å². The van der Waals surface area contributed by atoms with Crippen LogP contribution in [-0.2, 0) is 19.0 Å². The molecule has 11 heavy (non-hydrogen) atoms. The Bertz CT molecular complexity index is 113. The number of esters is 1. The fourth-order valence-corrected chi connectivity index (χ4v) is 0.542. The lowest BCUT2D eigenvalue weighted by atomic mass is 10.4. The van der Waals surface area contributed by atoms with Gasteiger partial charge in [0.25, 0.3) is 0 Å². The average molecular weight is 162 g/mol. The molecule has 0 aromatic carbocycles. The maximum Gasteiger partial charge on any atom is 0.334 e. The van der Waals surface area contributed by atoms with Crippen molar-refractivity contribution in [3.05, 3.63) is 0 Å². The fourth-order valence-electron chi connectivity index (χ4n) is 0.542. The number of methoxy groups -OCH3 is 2. The van der Waals surface area contributed by atoms with Gasteiger partial charge >= 0.3 is 5.97 Å². The Labute approximate surface area is 66.4 Å². The minimum atomic E-state index is -0.504. The molecule has 0 fully saturated rings. The number of hydrogen-bond acceptors (Lipinski definition) is 4. The lowest BCUT2D eigenvalue weighted by Crippen LogP contribution is -2.23. The van der Waals surface area contributed by atoms with Crippen molar-refractivity contribution in [2.24, 2.45) is 0 Å². The summed E-state index contributed by atoms with van der Waals surface area (Å²) in [7, 11) is 2.91. The van der Waals surface area contributed by atoms with Gasteiger partial charge in [0.2, 0.25) is 0 Å². The Morgan fingerprint density at radius 3 is 2.45 bits per heavy atom. The number of carbonyl (C=O) groups is 1. The minimum absolute atomic E-state index is 0.360. The van der Waals surface area contributed by atoms with E-state index in [1.54, 1.807) is 14.0 Å². The molecular formula is C7H14O4. The van der Waals surface area contributed by atoms with Gasteiger partial charge < -0.3 is 14.2 Å². The van der Waals surface area contributed by atoms with Crippen LogP contribution in [0.3, 0.4) is 0 Å². The highest BCUT2D eigenvalue weighted by Gasteiger charge is 2.12. The Hall–Kier alpha value is -0.610. The van der Waals surface area contributed by atoms with Crippen molar-refractivity contribution in [1.29, 1.82) is 0 Å². The van der Waals surface area contributed by atoms with E-state index in [0.29, 0.717) is 13.2 Å². The number of hydrogen-bond donors (Lipinski definition) is 0. The second kappa shape index (κ2) is 6.12. The van der Waals surface area contributed by atoms with E-state index in [0.717, 1.165) is 0 Å². The normalized spacial score (nSPS) is 12.6. The Kier molecular flexibility index (Phi) is 5.78. The minimum Gasteiger partial charge on any atom is -0.467 e. The number of rotatable bonds is 5. The Morgan fingerprint density at radius 1 is 1.36 bits per heavy atom. The van der Waals surface area contributed by atoms with Gasteiger partial charge in [-0.25, -0.2) is 4.79 Å². The summed E-state index contributed by atoms with van der Waals surface area (Å²) in [6.45, 7) is 2.54. The third-order valence-electron chi connectivity index (χ3n) is 1.19. The average Bonchev–Trinajstić information content (AvgIpc) is 2.03. The molecule has 1 atom stereocenters. The molecule has 0 saturated carbocycles. The quantitative estimate of drug-likeness (QED) is 0.428. The standard InChI is InChI=1S/C7H14O4/c1-6(7(8)10-3)11-5-4-9-2/h6H,4-5H2,1-3H3. The molecule has 0 saturated heterocycles. The summed E-state index contributed by atoms with van der Waals surface area (Å²) in [5.41, 5.74) is 0. The first-order valence-electron chi connectivity index (χ1n) is 3.40. The molecule has 0 rings (SSSR count). The monoisotopic (exact) mass is 162 g/mol. The highest BCUT2D eigenvalue weighted by atomic mass is 16.6. The molecule has 0 radical (unpaired) electrons. The predicted octanol–water partition coefficient (Wildman–Crippen LogP) is 0.211. The molecule has 0 heterocycles.